The summed E-state index contributed by atoms with van der Waals surface area (Å²) in [4.78, 5) is 26.6. The van der Waals surface area contributed by atoms with Crippen molar-refractivity contribution in [3.8, 4) is 0 Å². The molecule has 1 N–H and O–H groups in total. The van der Waals surface area contributed by atoms with Crippen LogP contribution in [0.25, 0.3) is 0 Å². The first-order chi connectivity index (χ1) is 15.6. The molecule has 0 aliphatic carbocycles. The number of fused-ring (bicyclic) bond motifs is 1. The summed E-state index contributed by atoms with van der Waals surface area (Å²) in [6.07, 6.45) is 1.53. The van der Waals surface area contributed by atoms with Crippen molar-refractivity contribution in [2.75, 3.05) is 23.3 Å². The average Bonchev–Trinajstić information content (AvgIpc) is 3.11. The number of nitrogens with one attached hydrogen (secondary N) is 1. The van der Waals surface area contributed by atoms with Crippen LogP contribution < -0.4 is 10.2 Å². The maximum Gasteiger partial charge on any atom is 0.243 e. The Labute approximate surface area is 199 Å². The first-order valence-electron chi connectivity index (χ1n) is 11.1. The Morgan fingerprint density at radius 2 is 1.79 bits per heavy atom. The van der Waals surface area contributed by atoms with Crippen LogP contribution in [0.1, 0.15) is 37.8 Å². The van der Waals surface area contributed by atoms with Gasteiger partial charge >= 0.3 is 0 Å². The number of sulfonamides is 1. The highest BCUT2D eigenvalue weighted by Gasteiger charge is 2.34. The SMILES string of the molecule is CC(=O)N1c2ccc(S(=O)(=O)N3CCC(C(=O)Nc4ccc(C)c(Cl)c4)CC3)cc2C[C@@H]1C. The molecule has 1 atom stereocenters. The quantitative estimate of drug-likeness (QED) is 0.703. The first-order valence-corrected chi connectivity index (χ1v) is 12.9. The predicted molar refractivity (Wildman–Crippen MR) is 129 cm³/mol. The number of halogens is 1. The molecule has 4 rings (SSSR count). The summed E-state index contributed by atoms with van der Waals surface area (Å²) in [5.41, 5.74) is 3.21. The lowest BCUT2D eigenvalue weighted by atomic mass is 9.97. The van der Waals surface area contributed by atoms with Gasteiger partial charge in [-0.15, -0.1) is 0 Å². The Hall–Kier alpha value is -2.42. The van der Waals surface area contributed by atoms with E-state index in [1.165, 1.54) is 11.2 Å². The molecule has 0 unspecified atom stereocenters. The van der Waals surface area contributed by atoms with Crippen molar-refractivity contribution >= 4 is 44.8 Å². The third-order valence-electron chi connectivity index (χ3n) is 6.51. The maximum absolute atomic E-state index is 13.3. The van der Waals surface area contributed by atoms with Crippen molar-refractivity contribution in [2.45, 2.75) is 51.0 Å². The Balaban J connectivity index is 1.42. The summed E-state index contributed by atoms with van der Waals surface area (Å²) in [6, 6.07) is 10.4. The fourth-order valence-corrected chi connectivity index (χ4v) is 6.37. The van der Waals surface area contributed by atoms with Gasteiger partial charge in [0.2, 0.25) is 21.8 Å². The monoisotopic (exact) mass is 489 g/mol. The molecular weight excluding hydrogens is 462 g/mol. The number of hydrogen-bond acceptors (Lipinski definition) is 4. The third kappa shape index (κ3) is 4.65. The molecule has 2 aromatic rings. The molecule has 2 aliphatic heterocycles. The molecule has 7 nitrogen and oxygen atoms in total. The van der Waals surface area contributed by atoms with Gasteiger partial charge in [-0.2, -0.15) is 4.31 Å². The number of hydrogen-bond donors (Lipinski definition) is 1. The largest absolute Gasteiger partial charge is 0.326 e. The molecule has 33 heavy (non-hydrogen) atoms. The number of rotatable bonds is 4. The van der Waals surface area contributed by atoms with Gasteiger partial charge in [0, 0.05) is 48.4 Å². The number of carbonyl (C=O) groups excluding carboxylic acids is 2. The molecule has 1 fully saturated rings. The van der Waals surface area contributed by atoms with E-state index in [1.54, 1.807) is 35.2 Å². The molecule has 9 heteroatoms. The lowest BCUT2D eigenvalue weighted by Gasteiger charge is -2.30. The van der Waals surface area contributed by atoms with E-state index < -0.39 is 10.0 Å². The van der Waals surface area contributed by atoms with E-state index in [-0.39, 0.29) is 41.8 Å². The zero-order valence-electron chi connectivity index (χ0n) is 19.0. The van der Waals surface area contributed by atoms with E-state index in [0.717, 1.165) is 16.8 Å². The number of nitrogens with zero attached hydrogens (tertiary/aromatic N) is 2. The van der Waals surface area contributed by atoms with Gasteiger partial charge in [0.1, 0.15) is 0 Å². The van der Waals surface area contributed by atoms with Gasteiger partial charge in [0.05, 0.1) is 4.90 Å². The highest BCUT2D eigenvalue weighted by Crippen LogP contribution is 2.35. The van der Waals surface area contributed by atoms with Crippen LogP contribution in [0.4, 0.5) is 11.4 Å². The Kier molecular flexibility index (Phi) is 6.53. The van der Waals surface area contributed by atoms with E-state index in [2.05, 4.69) is 5.32 Å². The van der Waals surface area contributed by atoms with Crippen LogP contribution in [0.3, 0.4) is 0 Å². The van der Waals surface area contributed by atoms with Gasteiger partial charge in [-0.1, -0.05) is 17.7 Å². The molecule has 0 saturated carbocycles. The molecule has 1 saturated heterocycles. The molecule has 0 radical (unpaired) electrons. The van der Waals surface area contributed by atoms with Gasteiger partial charge in [0.15, 0.2) is 0 Å². The predicted octanol–water partition coefficient (Wildman–Crippen LogP) is 3.99. The second-order valence-electron chi connectivity index (χ2n) is 8.86. The summed E-state index contributed by atoms with van der Waals surface area (Å²) >= 11 is 6.13. The minimum atomic E-state index is -3.68. The number of anilines is 2. The Bertz CT molecular complexity index is 1210. The standard InChI is InChI=1S/C24H28ClN3O4S/c1-15-4-5-20(14-22(15)25)26-24(30)18-8-10-27(11-9-18)33(31,32)21-6-7-23-19(13-21)12-16(2)28(23)17(3)29/h4-7,13-14,16,18H,8-12H2,1-3H3,(H,26,30)/t16-/m0/s1. The van der Waals surface area contributed by atoms with Gasteiger partial charge in [0.25, 0.3) is 0 Å². The second-order valence-corrected chi connectivity index (χ2v) is 11.2. The second kappa shape index (κ2) is 9.08. The number of piperidine rings is 1. The number of amides is 2. The summed E-state index contributed by atoms with van der Waals surface area (Å²) in [6.45, 7) is 5.93. The normalized spacial score (nSPS) is 19.4. The van der Waals surface area contributed by atoms with E-state index in [1.807, 2.05) is 19.9 Å². The summed E-state index contributed by atoms with van der Waals surface area (Å²) in [7, 11) is -3.68. The average molecular weight is 490 g/mol. The third-order valence-corrected chi connectivity index (χ3v) is 8.81. The molecule has 2 aromatic carbocycles. The molecule has 2 heterocycles. The van der Waals surface area contributed by atoms with E-state index in [0.29, 0.717) is 30.0 Å². The van der Waals surface area contributed by atoms with Gasteiger partial charge in [-0.05, 0) is 74.6 Å². The fourth-order valence-electron chi connectivity index (χ4n) is 4.67. The smallest absolute Gasteiger partial charge is 0.243 e. The summed E-state index contributed by atoms with van der Waals surface area (Å²) in [5.74, 6) is -0.436. The van der Waals surface area contributed by atoms with Crippen molar-refractivity contribution in [1.82, 2.24) is 4.31 Å². The van der Waals surface area contributed by atoms with Crippen LogP contribution in [-0.2, 0) is 26.0 Å². The molecule has 0 bridgehead atoms. The van der Waals surface area contributed by atoms with Crippen molar-refractivity contribution in [3.05, 3.63) is 52.5 Å². The minimum absolute atomic E-state index is 0.00752. The van der Waals surface area contributed by atoms with E-state index >= 15 is 0 Å². The van der Waals surface area contributed by atoms with Crippen molar-refractivity contribution in [3.63, 3.8) is 0 Å². The molecule has 0 aromatic heterocycles. The van der Waals surface area contributed by atoms with Gasteiger partial charge in [-0.3, -0.25) is 9.59 Å². The van der Waals surface area contributed by atoms with Crippen molar-refractivity contribution in [2.24, 2.45) is 5.92 Å². The number of carbonyl (C=O) groups is 2. The minimum Gasteiger partial charge on any atom is -0.326 e. The zero-order valence-corrected chi connectivity index (χ0v) is 20.5. The first kappa shape index (κ1) is 23.7. The summed E-state index contributed by atoms with van der Waals surface area (Å²) < 4.78 is 27.9. The van der Waals surface area contributed by atoms with Gasteiger partial charge < -0.3 is 10.2 Å². The van der Waals surface area contributed by atoms with E-state index in [9.17, 15) is 18.0 Å². The van der Waals surface area contributed by atoms with Crippen LogP contribution in [0.15, 0.2) is 41.3 Å². The molecule has 2 amide bonds. The topological polar surface area (TPSA) is 86.8 Å². The molecule has 2 aliphatic rings. The number of benzene rings is 2. The zero-order chi connectivity index (χ0) is 23.9. The Morgan fingerprint density at radius 3 is 2.42 bits per heavy atom. The molecule has 0 spiro atoms. The highest BCUT2D eigenvalue weighted by molar-refractivity contribution is 7.89. The Morgan fingerprint density at radius 1 is 1.09 bits per heavy atom. The van der Waals surface area contributed by atoms with Crippen molar-refractivity contribution in [1.29, 1.82) is 0 Å². The van der Waals surface area contributed by atoms with Crippen LogP contribution in [-0.4, -0.2) is 43.7 Å². The van der Waals surface area contributed by atoms with Crippen LogP contribution >= 0.6 is 11.6 Å². The van der Waals surface area contributed by atoms with Crippen LogP contribution in [0.5, 0.6) is 0 Å². The van der Waals surface area contributed by atoms with Crippen molar-refractivity contribution < 1.29 is 18.0 Å². The fraction of sp³-hybridized carbons (Fsp3) is 0.417. The molecule has 176 valence electrons. The lowest BCUT2D eigenvalue weighted by Crippen LogP contribution is -2.41. The molecular formula is C24H28ClN3O4S. The lowest BCUT2D eigenvalue weighted by molar-refractivity contribution is -0.121. The number of aryl methyl sites for hydroxylation is 1. The van der Waals surface area contributed by atoms with Crippen LogP contribution in [0, 0.1) is 12.8 Å². The summed E-state index contributed by atoms with van der Waals surface area (Å²) in [5, 5.41) is 3.47. The maximum atomic E-state index is 13.3. The van der Waals surface area contributed by atoms with Crippen LogP contribution in [0.2, 0.25) is 5.02 Å². The van der Waals surface area contributed by atoms with E-state index in [4.69, 9.17) is 11.6 Å². The van der Waals surface area contributed by atoms with Gasteiger partial charge in [-0.25, -0.2) is 8.42 Å². The highest BCUT2D eigenvalue weighted by atomic mass is 35.5.